The number of hydrogen-bond donors (Lipinski definition) is 5. The van der Waals surface area contributed by atoms with Crippen molar-refractivity contribution in [3.8, 4) is 0 Å². The molecule has 0 saturated carbocycles. The van der Waals surface area contributed by atoms with Gasteiger partial charge in [-0.3, -0.25) is 9.59 Å². The van der Waals surface area contributed by atoms with Crippen LogP contribution in [0.15, 0.2) is 24.3 Å². The molecule has 2 heterocycles. The molecule has 234 valence electrons. The SMILES string of the molecule is COB(O)c1cccc(NC(=O)CCCOCCOCCOCCCNC(=O)CCCCC2SCC3NC(=O)NC32)c1. The smallest absolute Gasteiger partial charge is 0.423 e. The Bertz CT molecular complexity index is 978. The molecule has 12 nitrogen and oxygen atoms in total. The highest BCUT2D eigenvalue weighted by molar-refractivity contribution is 8.00. The van der Waals surface area contributed by atoms with Crippen LogP contribution in [-0.4, -0.2) is 106 Å². The van der Waals surface area contributed by atoms with Crippen molar-refractivity contribution in [1.29, 1.82) is 0 Å². The van der Waals surface area contributed by atoms with Crippen molar-refractivity contribution in [2.45, 2.75) is 62.3 Å². The monoisotopic (exact) mass is 608 g/mol. The fourth-order valence-electron chi connectivity index (χ4n) is 4.77. The van der Waals surface area contributed by atoms with Gasteiger partial charge in [0, 0.05) is 56.4 Å². The third-order valence-electron chi connectivity index (χ3n) is 6.98. The summed E-state index contributed by atoms with van der Waals surface area (Å²) in [6.07, 6.45) is 5.03. The molecule has 0 bridgehead atoms. The number of ether oxygens (including phenoxy) is 3. The average Bonchev–Trinajstić information content (AvgIpc) is 3.54. The second kappa shape index (κ2) is 19.8. The van der Waals surface area contributed by atoms with Crippen molar-refractivity contribution in [3.05, 3.63) is 24.3 Å². The first-order valence-corrected chi connectivity index (χ1v) is 15.8. The summed E-state index contributed by atoms with van der Waals surface area (Å²) in [5.74, 6) is 0.907. The summed E-state index contributed by atoms with van der Waals surface area (Å²) >= 11 is 1.90. The Morgan fingerprint density at radius 3 is 2.45 bits per heavy atom. The van der Waals surface area contributed by atoms with Crippen LogP contribution in [0.4, 0.5) is 10.5 Å². The summed E-state index contributed by atoms with van der Waals surface area (Å²) < 4.78 is 21.4. The third kappa shape index (κ3) is 12.9. The van der Waals surface area contributed by atoms with Crippen LogP contribution in [-0.2, 0) is 28.5 Å². The van der Waals surface area contributed by atoms with Crippen LogP contribution in [0.3, 0.4) is 0 Å². The number of carbonyl (C=O) groups excluding carboxylic acids is 3. The second-order valence-electron chi connectivity index (χ2n) is 10.3. The van der Waals surface area contributed by atoms with Crippen molar-refractivity contribution < 1.29 is 38.3 Å². The third-order valence-corrected chi connectivity index (χ3v) is 8.49. The van der Waals surface area contributed by atoms with Crippen LogP contribution in [0, 0.1) is 0 Å². The fraction of sp³-hybridized carbons (Fsp3) is 0.679. The minimum absolute atomic E-state index is 0.0608. The van der Waals surface area contributed by atoms with E-state index in [1.807, 2.05) is 11.8 Å². The number of fused-ring (bicyclic) bond motifs is 1. The maximum absolute atomic E-state index is 12.1. The van der Waals surface area contributed by atoms with Crippen molar-refractivity contribution in [3.63, 3.8) is 0 Å². The highest BCUT2D eigenvalue weighted by atomic mass is 32.2. The number of benzene rings is 1. The van der Waals surface area contributed by atoms with E-state index in [-0.39, 0.29) is 29.9 Å². The van der Waals surface area contributed by atoms with E-state index in [2.05, 4.69) is 21.3 Å². The first-order valence-electron chi connectivity index (χ1n) is 14.8. The largest absolute Gasteiger partial charge is 0.491 e. The topological polar surface area (TPSA) is 156 Å². The van der Waals surface area contributed by atoms with Gasteiger partial charge in [-0.05, 0) is 43.3 Å². The molecule has 3 rings (SSSR count). The Kier molecular flexibility index (Phi) is 16.1. The molecule has 2 fully saturated rings. The number of carbonyl (C=O) groups is 3. The average molecular weight is 609 g/mol. The number of rotatable bonds is 22. The maximum Gasteiger partial charge on any atom is 0.491 e. The number of urea groups is 1. The van der Waals surface area contributed by atoms with Crippen molar-refractivity contribution in [1.82, 2.24) is 16.0 Å². The highest BCUT2D eigenvalue weighted by Gasteiger charge is 2.42. The predicted octanol–water partition coefficient (Wildman–Crippen LogP) is 1.02. The number of nitrogens with one attached hydrogen (secondary N) is 4. The number of anilines is 1. The zero-order valence-corrected chi connectivity index (χ0v) is 25.3. The molecular formula is C28H45BN4O8S. The number of unbranched alkanes of at least 4 members (excludes halogenated alkanes) is 1. The molecule has 3 unspecified atom stereocenters. The van der Waals surface area contributed by atoms with Gasteiger partial charge in [-0.15, -0.1) is 0 Å². The lowest BCUT2D eigenvalue weighted by Gasteiger charge is -2.16. The minimum atomic E-state index is -1.03. The normalized spacial score (nSPS) is 19.2. The number of hydrogen-bond acceptors (Lipinski definition) is 9. The van der Waals surface area contributed by atoms with Crippen LogP contribution < -0.4 is 26.7 Å². The standard InChI is InChI=1S/C28H45BN4O8S/c1-38-29(37)21-7-4-8-22(19-21)31-26(35)11-5-13-39-15-17-41-18-16-40-14-6-12-30-25(34)10-3-2-9-24-27-23(20-42-24)32-28(36)33-27/h4,7-8,19,23-24,27,37H,2-3,5-6,9-18,20H2,1H3,(H,30,34)(H,31,35)(H2,32,33,36). The molecular weight excluding hydrogens is 563 g/mol. The van der Waals surface area contributed by atoms with Gasteiger partial charge >= 0.3 is 13.1 Å². The molecule has 1 aromatic rings. The first kappa shape index (κ1) is 34.1. The zero-order valence-electron chi connectivity index (χ0n) is 24.4. The molecule has 14 heteroatoms. The maximum atomic E-state index is 12.1. The highest BCUT2D eigenvalue weighted by Crippen LogP contribution is 2.33. The summed E-state index contributed by atoms with van der Waals surface area (Å²) in [4.78, 5) is 35.6. The van der Waals surface area contributed by atoms with Crippen LogP contribution in [0.5, 0.6) is 0 Å². The Morgan fingerprint density at radius 1 is 0.976 bits per heavy atom. The molecule has 2 saturated heterocycles. The Labute approximate surface area is 252 Å². The quantitative estimate of drug-likeness (QED) is 0.0737. The summed E-state index contributed by atoms with van der Waals surface area (Å²) in [6.45, 7) is 3.45. The molecule has 0 aliphatic carbocycles. The van der Waals surface area contributed by atoms with Crippen molar-refractivity contribution in [2.24, 2.45) is 0 Å². The lowest BCUT2D eigenvalue weighted by Crippen LogP contribution is -2.36. The van der Waals surface area contributed by atoms with E-state index in [0.717, 1.165) is 31.4 Å². The Morgan fingerprint density at radius 2 is 1.69 bits per heavy atom. The van der Waals surface area contributed by atoms with Gasteiger partial charge in [0.15, 0.2) is 0 Å². The van der Waals surface area contributed by atoms with Gasteiger partial charge < -0.3 is 45.2 Å². The summed E-state index contributed by atoms with van der Waals surface area (Å²) in [5.41, 5.74) is 1.18. The lowest BCUT2D eigenvalue weighted by atomic mass is 9.79. The van der Waals surface area contributed by atoms with E-state index < -0.39 is 7.12 Å². The van der Waals surface area contributed by atoms with Gasteiger partial charge in [0.2, 0.25) is 11.8 Å². The van der Waals surface area contributed by atoms with Crippen LogP contribution >= 0.6 is 11.8 Å². The molecule has 0 radical (unpaired) electrons. The molecule has 5 N–H and O–H groups in total. The van der Waals surface area contributed by atoms with Crippen molar-refractivity contribution in [2.75, 3.05) is 64.4 Å². The Balaban J connectivity index is 1.04. The van der Waals surface area contributed by atoms with Gasteiger partial charge in [0.25, 0.3) is 0 Å². The molecule has 3 atom stereocenters. The predicted molar refractivity (Wildman–Crippen MR) is 163 cm³/mol. The van der Waals surface area contributed by atoms with E-state index in [1.54, 1.807) is 24.3 Å². The number of thioether (sulfide) groups is 1. The molecule has 4 amide bonds. The van der Waals surface area contributed by atoms with E-state index in [0.29, 0.717) is 81.8 Å². The van der Waals surface area contributed by atoms with Gasteiger partial charge in [-0.1, -0.05) is 18.6 Å². The van der Waals surface area contributed by atoms with Gasteiger partial charge in [0.05, 0.1) is 38.5 Å². The minimum Gasteiger partial charge on any atom is -0.423 e. The second-order valence-corrected chi connectivity index (χ2v) is 11.5. The summed E-state index contributed by atoms with van der Waals surface area (Å²) in [6, 6.07) is 7.31. The van der Waals surface area contributed by atoms with Gasteiger partial charge in [-0.2, -0.15) is 11.8 Å². The number of amides is 4. The molecule has 1 aromatic carbocycles. The summed E-state index contributed by atoms with van der Waals surface area (Å²) in [5, 5.41) is 21.9. The first-order chi connectivity index (χ1) is 20.5. The molecule has 0 aromatic heterocycles. The van der Waals surface area contributed by atoms with E-state index in [1.165, 1.54) is 7.11 Å². The molecule has 0 spiro atoms. The summed E-state index contributed by atoms with van der Waals surface area (Å²) in [7, 11) is 0.385. The van der Waals surface area contributed by atoms with E-state index >= 15 is 0 Å². The van der Waals surface area contributed by atoms with Gasteiger partial charge in [0.1, 0.15) is 0 Å². The van der Waals surface area contributed by atoms with Crippen LogP contribution in [0.1, 0.15) is 44.9 Å². The van der Waals surface area contributed by atoms with E-state index in [9.17, 15) is 19.4 Å². The molecule has 2 aliphatic heterocycles. The Hall–Kier alpha value is -2.36. The molecule has 42 heavy (non-hydrogen) atoms. The fourth-order valence-corrected chi connectivity index (χ4v) is 6.31. The van der Waals surface area contributed by atoms with Crippen LogP contribution in [0.25, 0.3) is 0 Å². The molecule has 2 aliphatic rings. The van der Waals surface area contributed by atoms with Gasteiger partial charge in [-0.25, -0.2) is 4.79 Å². The van der Waals surface area contributed by atoms with E-state index in [4.69, 9.17) is 18.9 Å². The van der Waals surface area contributed by atoms with Crippen LogP contribution in [0.2, 0.25) is 0 Å². The zero-order chi connectivity index (χ0) is 30.0. The lowest BCUT2D eigenvalue weighted by molar-refractivity contribution is -0.121. The van der Waals surface area contributed by atoms with Crippen molar-refractivity contribution >= 4 is 47.9 Å².